The third kappa shape index (κ3) is 4.60. The highest BCUT2D eigenvalue weighted by Crippen LogP contribution is 2.41. The summed E-state index contributed by atoms with van der Waals surface area (Å²) in [5.41, 5.74) is 5.01. The SMILES string of the molecule is COc1ncccc1-c1c(CO)sc2cnc(Nc3ccc(-c4cnn(C)c4)cc3OC(C)C)nc12. The lowest BCUT2D eigenvalue weighted by molar-refractivity contribution is 0.244. The number of aliphatic hydroxyl groups is 1. The minimum absolute atomic E-state index is 0.0215. The highest BCUT2D eigenvalue weighted by atomic mass is 32.1. The molecular formula is C26H26N6O3S. The van der Waals surface area contributed by atoms with E-state index in [0.29, 0.717) is 23.1 Å². The Balaban J connectivity index is 1.57. The number of anilines is 2. The summed E-state index contributed by atoms with van der Waals surface area (Å²) in [6.07, 6.45) is 7.19. The van der Waals surface area contributed by atoms with Crippen molar-refractivity contribution < 1.29 is 14.6 Å². The highest BCUT2D eigenvalue weighted by Gasteiger charge is 2.20. The summed E-state index contributed by atoms with van der Waals surface area (Å²) in [6, 6.07) is 9.69. The van der Waals surface area contributed by atoms with E-state index in [4.69, 9.17) is 14.5 Å². The molecule has 0 spiro atoms. The van der Waals surface area contributed by atoms with Crippen molar-refractivity contribution in [1.29, 1.82) is 0 Å². The van der Waals surface area contributed by atoms with Crippen LogP contribution in [0.5, 0.6) is 11.6 Å². The summed E-state index contributed by atoms with van der Waals surface area (Å²) in [4.78, 5) is 14.4. The molecular weight excluding hydrogens is 476 g/mol. The van der Waals surface area contributed by atoms with Crippen molar-refractivity contribution in [1.82, 2.24) is 24.7 Å². The van der Waals surface area contributed by atoms with Crippen molar-refractivity contribution in [3.05, 3.63) is 60.0 Å². The molecule has 0 saturated carbocycles. The number of hydrogen-bond donors (Lipinski definition) is 2. The van der Waals surface area contributed by atoms with Gasteiger partial charge in [0.2, 0.25) is 11.8 Å². The first-order valence-electron chi connectivity index (χ1n) is 11.4. The number of hydrogen-bond acceptors (Lipinski definition) is 9. The first-order valence-corrected chi connectivity index (χ1v) is 12.2. The number of benzene rings is 1. The van der Waals surface area contributed by atoms with Gasteiger partial charge in [0.25, 0.3) is 0 Å². The molecule has 0 radical (unpaired) electrons. The molecule has 9 nitrogen and oxygen atoms in total. The van der Waals surface area contributed by atoms with Gasteiger partial charge in [-0.05, 0) is 43.7 Å². The topological polar surface area (TPSA) is 107 Å². The molecule has 5 rings (SSSR count). The molecule has 0 saturated heterocycles. The normalized spacial score (nSPS) is 11.3. The Morgan fingerprint density at radius 2 is 2.00 bits per heavy atom. The maximum absolute atomic E-state index is 10.1. The van der Waals surface area contributed by atoms with Crippen molar-refractivity contribution in [3.63, 3.8) is 0 Å². The van der Waals surface area contributed by atoms with Gasteiger partial charge in [-0.2, -0.15) is 5.10 Å². The summed E-state index contributed by atoms with van der Waals surface area (Å²) in [5, 5.41) is 17.6. The van der Waals surface area contributed by atoms with Crippen LogP contribution in [0.3, 0.4) is 0 Å². The predicted octanol–water partition coefficient (Wildman–Crippen LogP) is 5.19. The van der Waals surface area contributed by atoms with Crippen LogP contribution in [0.15, 0.2) is 55.1 Å². The van der Waals surface area contributed by atoms with Gasteiger partial charge in [0.15, 0.2) is 0 Å². The summed E-state index contributed by atoms with van der Waals surface area (Å²) in [6.45, 7) is 3.84. The third-order valence-corrected chi connectivity index (χ3v) is 6.61. The average Bonchev–Trinajstić information content (AvgIpc) is 3.47. The minimum Gasteiger partial charge on any atom is -0.489 e. The highest BCUT2D eigenvalue weighted by molar-refractivity contribution is 7.19. The molecule has 0 unspecified atom stereocenters. The monoisotopic (exact) mass is 502 g/mol. The van der Waals surface area contributed by atoms with Crippen LogP contribution in [-0.2, 0) is 13.7 Å². The summed E-state index contributed by atoms with van der Waals surface area (Å²) < 4.78 is 14.2. The van der Waals surface area contributed by atoms with E-state index >= 15 is 0 Å². The van der Waals surface area contributed by atoms with Gasteiger partial charge in [-0.25, -0.2) is 15.0 Å². The second kappa shape index (κ2) is 9.92. The molecule has 5 aromatic rings. The van der Waals surface area contributed by atoms with Crippen LogP contribution in [0.2, 0.25) is 0 Å². The lowest BCUT2D eigenvalue weighted by atomic mass is 10.1. The largest absolute Gasteiger partial charge is 0.489 e. The number of thiophene rings is 1. The van der Waals surface area contributed by atoms with E-state index in [-0.39, 0.29) is 12.7 Å². The minimum atomic E-state index is -0.126. The number of aliphatic hydroxyl groups excluding tert-OH is 1. The van der Waals surface area contributed by atoms with Gasteiger partial charge in [-0.3, -0.25) is 4.68 Å². The molecule has 4 heterocycles. The summed E-state index contributed by atoms with van der Waals surface area (Å²) >= 11 is 1.45. The van der Waals surface area contributed by atoms with Crippen molar-refractivity contribution in [2.45, 2.75) is 26.6 Å². The first-order chi connectivity index (χ1) is 17.5. The van der Waals surface area contributed by atoms with E-state index in [1.54, 1.807) is 24.2 Å². The Hall–Kier alpha value is -4.02. The van der Waals surface area contributed by atoms with Crippen LogP contribution in [-0.4, -0.2) is 43.1 Å². The van der Waals surface area contributed by atoms with E-state index in [2.05, 4.69) is 20.4 Å². The maximum atomic E-state index is 10.1. The Bertz CT molecular complexity index is 1530. The van der Waals surface area contributed by atoms with Crippen LogP contribution >= 0.6 is 11.3 Å². The Kier molecular flexibility index (Phi) is 6.53. The van der Waals surface area contributed by atoms with Gasteiger partial charge in [-0.1, -0.05) is 6.07 Å². The van der Waals surface area contributed by atoms with E-state index in [1.807, 2.05) is 63.6 Å². The van der Waals surface area contributed by atoms with E-state index in [1.165, 1.54) is 11.3 Å². The second-order valence-corrected chi connectivity index (χ2v) is 9.57. The van der Waals surface area contributed by atoms with Crippen molar-refractivity contribution in [2.75, 3.05) is 12.4 Å². The van der Waals surface area contributed by atoms with Gasteiger partial charge in [0.1, 0.15) is 5.75 Å². The molecule has 0 amide bonds. The van der Waals surface area contributed by atoms with Crippen LogP contribution in [0.1, 0.15) is 18.7 Å². The number of rotatable bonds is 8. The molecule has 1 aromatic carbocycles. The van der Waals surface area contributed by atoms with Crippen molar-refractivity contribution in [3.8, 4) is 33.9 Å². The molecule has 0 fully saturated rings. The maximum Gasteiger partial charge on any atom is 0.227 e. The number of nitrogens with one attached hydrogen (secondary N) is 1. The molecule has 0 atom stereocenters. The third-order valence-electron chi connectivity index (χ3n) is 5.51. The summed E-state index contributed by atoms with van der Waals surface area (Å²) in [5.74, 6) is 1.57. The van der Waals surface area contributed by atoms with Gasteiger partial charge in [-0.15, -0.1) is 11.3 Å². The number of methoxy groups -OCH3 is 1. The number of aryl methyl sites for hydroxylation is 1. The zero-order valence-electron chi connectivity index (χ0n) is 20.4. The fourth-order valence-corrected chi connectivity index (χ4v) is 4.97. The fourth-order valence-electron chi connectivity index (χ4n) is 3.98. The Labute approximate surface area is 212 Å². The second-order valence-electron chi connectivity index (χ2n) is 8.43. The zero-order chi connectivity index (χ0) is 25.2. The number of aromatic nitrogens is 5. The number of fused-ring (bicyclic) bond motifs is 1. The van der Waals surface area contributed by atoms with Gasteiger partial charge >= 0.3 is 0 Å². The van der Waals surface area contributed by atoms with Crippen LogP contribution in [0.4, 0.5) is 11.6 Å². The van der Waals surface area contributed by atoms with E-state index < -0.39 is 0 Å². The Morgan fingerprint density at radius 1 is 1.14 bits per heavy atom. The van der Waals surface area contributed by atoms with Crippen LogP contribution < -0.4 is 14.8 Å². The lowest BCUT2D eigenvalue weighted by Gasteiger charge is -2.16. The van der Waals surface area contributed by atoms with E-state index in [9.17, 15) is 5.11 Å². The van der Waals surface area contributed by atoms with Crippen LogP contribution in [0.25, 0.3) is 32.5 Å². The Morgan fingerprint density at radius 3 is 2.72 bits per heavy atom. The van der Waals surface area contributed by atoms with Gasteiger partial charge in [0, 0.05) is 41.0 Å². The van der Waals surface area contributed by atoms with Crippen molar-refractivity contribution >= 4 is 33.2 Å². The fraction of sp³-hybridized carbons (Fsp3) is 0.231. The van der Waals surface area contributed by atoms with Gasteiger partial charge < -0.3 is 19.9 Å². The summed E-state index contributed by atoms with van der Waals surface area (Å²) in [7, 11) is 3.47. The molecule has 0 aliphatic heterocycles. The zero-order valence-corrected chi connectivity index (χ0v) is 21.2. The van der Waals surface area contributed by atoms with Crippen molar-refractivity contribution in [2.24, 2.45) is 7.05 Å². The lowest BCUT2D eigenvalue weighted by Crippen LogP contribution is -2.08. The number of nitrogens with zero attached hydrogens (tertiary/aromatic N) is 5. The standard InChI is InChI=1S/C26H26N6O3S/c1-15(2)35-20-10-16(17-11-29-32(3)13-17)7-8-19(20)30-26-28-12-21-24(31-26)23(22(14-33)36-21)18-6-5-9-27-25(18)34-4/h5-13,15,33H,14H2,1-4H3,(H,28,30,31). The number of ether oxygens (including phenoxy) is 2. The molecule has 4 aromatic heterocycles. The quantitative estimate of drug-likeness (QED) is 0.299. The molecule has 0 bridgehead atoms. The van der Waals surface area contributed by atoms with E-state index in [0.717, 1.165) is 37.5 Å². The molecule has 184 valence electrons. The smallest absolute Gasteiger partial charge is 0.227 e. The molecule has 2 N–H and O–H groups in total. The molecule has 0 aliphatic rings. The molecule has 10 heteroatoms. The van der Waals surface area contributed by atoms with Gasteiger partial charge in [0.05, 0.1) is 48.1 Å². The first kappa shape index (κ1) is 23.7. The van der Waals surface area contributed by atoms with Crippen LogP contribution in [0, 0.1) is 0 Å². The molecule has 0 aliphatic carbocycles. The molecule has 36 heavy (non-hydrogen) atoms. The average molecular weight is 503 g/mol. The predicted molar refractivity (Wildman–Crippen MR) is 141 cm³/mol. The number of pyridine rings is 1.